The molecule has 324 valence electrons. The third-order valence-electron chi connectivity index (χ3n) is 11.5. The van der Waals surface area contributed by atoms with Crippen LogP contribution in [0.2, 0.25) is 0 Å². The molecular weight excluding hydrogens is 823 g/mol. The number of ether oxygens (including phenoxy) is 2. The van der Waals surface area contributed by atoms with E-state index in [1.165, 1.54) is 56.6 Å². The first-order valence-corrected chi connectivity index (χ1v) is 25.1. The molecule has 1 aliphatic rings. The Labute approximate surface area is 381 Å². The smallest absolute Gasteiger partial charge is 0.312 e. The van der Waals surface area contributed by atoms with Crippen molar-refractivity contribution in [2.45, 2.75) is 27.7 Å². The Morgan fingerprint density at radius 3 is 1.00 bits per heavy atom. The van der Waals surface area contributed by atoms with Crippen LogP contribution < -0.4 is 42.2 Å². The van der Waals surface area contributed by atoms with Gasteiger partial charge in [-0.2, -0.15) is 0 Å². The lowest BCUT2D eigenvalue weighted by atomic mass is 9.77. The summed E-state index contributed by atoms with van der Waals surface area (Å²) >= 11 is 0. The summed E-state index contributed by atoms with van der Waals surface area (Å²) in [7, 11) is 0.918. The number of hydrogen-bond donors (Lipinski definition) is 0. The van der Waals surface area contributed by atoms with Crippen molar-refractivity contribution in [3.8, 4) is 0 Å². The van der Waals surface area contributed by atoms with Gasteiger partial charge in [0.1, 0.15) is 28.5 Å². The number of carbonyl (C=O) groups excluding carboxylic acids is 1. The minimum absolute atomic E-state index is 0.0251. The van der Waals surface area contributed by atoms with Crippen LogP contribution in [0, 0.1) is 11.3 Å². The molecule has 0 atom stereocenters. The van der Waals surface area contributed by atoms with E-state index in [4.69, 9.17) is 4.74 Å². The maximum absolute atomic E-state index is 12.4. The third kappa shape index (κ3) is 10.2. The van der Waals surface area contributed by atoms with E-state index in [0.29, 0.717) is 5.57 Å². The van der Waals surface area contributed by atoms with E-state index in [2.05, 4.69) is 241 Å². The molecule has 64 heavy (non-hydrogen) atoms. The molecular formula is C58H58O4P2. The topological polar surface area (TPSA) is 58.6 Å². The molecule has 0 amide bonds. The first-order valence-electron chi connectivity index (χ1n) is 21.5. The normalized spacial score (nSPS) is 12.4. The maximum Gasteiger partial charge on any atom is 0.312 e. The molecule has 0 unspecified atom stereocenters. The van der Waals surface area contributed by atoms with Gasteiger partial charge < -0.3 is 14.6 Å². The van der Waals surface area contributed by atoms with Crippen LogP contribution in [0.4, 0.5) is 0 Å². The van der Waals surface area contributed by atoms with Gasteiger partial charge in [-0.05, 0) is 111 Å². The second-order valence-corrected chi connectivity index (χ2v) is 22.9. The quantitative estimate of drug-likeness (QED) is 0.0781. The molecule has 7 aromatic rings. The average molecular weight is 881 g/mol. The monoisotopic (exact) mass is 880 g/mol. The predicted octanol–water partition coefficient (Wildman–Crippen LogP) is 9.64. The number of hydrogen-bond acceptors (Lipinski definition) is 4. The van der Waals surface area contributed by atoms with Crippen molar-refractivity contribution in [1.82, 2.24) is 0 Å². The lowest BCUT2D eigenvalue weighted by Crippen LogP contribution is -2.38. The van der Waals surface area contributed by atoms with Crippen molar-refractivity contribution in [3.63, 3.8) is 0 Å². The summed E-state index contributed by atoms with van der Waals surface area (Å²) in [5.74, 6) is -0.460. The first-order chi connectivity index (χ1) is 31.1. The minimum Gasteiger partial charge on any atom is -0.617 e. The van der Waals surface area contributed by atoms with Crippen LogP contribution in [0.15, 0.2) is 248 Å². The van der Waals surface area contributed by atoms with Crippen LogP contribution in [0.3, 0.4) is 0 Å². The van der Waals surface area contributed by atoms with Crippen molar-refractivity contribution < 1.29 is 19.4 Å². The molecule has 6 heteroatoms. The van der Waals surface area contributed by atoms with Gasteiger partial charge in [-0.25, -0.2) is 0 Å². The lowest BCUT2D eigenvalue weighted by Gasteiger charge is -2.34. The molecule has 0 heterocycles. The van der Waals surface area contributed by atoms with Crippen molar-refractivity contribution in [3.05, 3.63) is 248 Å². The second-order valence-electron chi connectivity index (χ2n) is 16.1. The van der Waals surface area contributed by atoms with Crippen LogP contribution >= 0.6 is 14.1 Å². The van der Waals surface area contributed by atoms with Crippen molar-refractivity contribution >= 4 is 62.5 Å². The minimum atomic E-state index is -2.11. The molecule has 0 bridgehead atoms. The predicted molar refractivity (Wildman–Crippen MR) is 274 cm³/mol. The van der Waals surface area contributed by atoms with Crippen LogP contribution in [-0.4, -0.2) is 25.5 Å². The summed E-state index contributed by atoms with van der Waals surface area (Å²) < 4.78 is 9.40. The zero-order valence-corrected chi connectivity index (χ0v) is 39.4. The van der Waals surface area contributed by atoms with Crippen molar-refractivity contribution in [2.75, 3.05) is 14.2 Å². The van der Waals surface area contributed by atoms with E-state index < -0.39 is 19.6 Å². The van der Waals surface area contributed by atoms with E-state index in [1.54, 1.807) is 13.8 Å². The van der Waals surface area contributed by atoms with Gasteiger partial charge in [-0.15, -0.1) is 0 Å². The van der Waals surface area contributed by atoms with Gasteiger partial charge in [0.15, 0.2) is 0 Å². The van der Waals surface area contributed by atoms with E-state index >= 15 is 0 Å². The Kier molecular flexibility index (Phi) is 16.4. The molecule has 0 saturated carbocycles. The standard InChI is InChI=1S/C29H29O2P.C24H20P.C5H10O2/c1-29(2,28(30)31-3)23-19-21-27(22-20-23)32(24-13-7-4-8-14-24,25-15-9-5-10-16-25)26-17-11-6-12-18-26;1-5-13-21(14-6-1)25(22-15-7-2-8-16-22,23-17-9-3-10-18-23)24-19-11-4-12-20-24;1-4(2)5(6)7-3/h4-23H,1-3H3;1-20H;6H,1-3H3/q;+1;/p-1. The largest absolute Gasteiger partial charge is 0.617 e. The van der Waals surface area contributed by atoms with E-state index in [0.717, 1.165) is 0 Å². The average Bonchev–Trinajstić information content (AvgIpc) is 3.37. The summed E-state index contributed by atoms with van der Waals surface area (Å²) in [6, 6.07) is 76.2. The highest BCUT2D eigenvalue weighted by Crippen LogP contribution is 2.54. The SMILES string of the molecule is COC(=O)C(C)(C)C1C=CC(=P(c2ccccc2)(c2ccccc2)c2ccccc2)C=C1.COC([O-])=C(C)C.c1ccc([P+](c2ccccc2)(c2ccccc2)c2ccccc2)cc1. The highest BCUT2D eigenvalue weighted by atomic mass is 31.2. The molecule has 7 aromatic carbocycles. The Balaban J connectivity index is 0.000000189. The van der Waals surface area contributed by atoms with Crippen LogP contribution in [-0.2, 0) is 14.3 Å². The fourth-order valence-corrected chi connectivity index (χ4v) is 16.7. The Bertz CT molecular complexity index is 2390. The second kappa shape index (κ2) is 22.3. The molecule has 0 aromatic heterocycles. The number of methoxy groups -OCH3 is 2. The first kappa shape index (κ1) is 47.0. The molecule has 8 rings (SSSR count). The third-order valence-corrected chi connectivity index (χ3v) is 20.1. The van der Waals surface area contributed by atoms with Gasteiger partial charge in [-0.1, -0.05) is 194 Å². The highest BCUT2D eigenvalue weighted by molar-refractivity contribution is 8.01. The molecule has 0 aliphatic heterocycles. The van der Waals surface area contributed by atoms with Gasteiger partial charge in [0.25, 0.3) is 0 Å². The number of carbonyl (C=O) groups is 1. The van der Waals surface area contributed by atoms with E-state index in [-0.39, 0.29) is 17.8 Å². The van der Waals surface area contributed by atoms with Gasteiger partial charge in [0.2, 0.25) is 0 Å². The van der Waals surface area contributed by atoms with E-state index in [9.17, 15) is 9.90 Å². The molecule has 4 nitrogen and oxygen atoms in total. The summed E-state index contributed by atoms with van der Waals surface area (Å²) in [5.41, 5.74) is 0.0585. The maximum atomic E-state index is 12.4. The molecule has 0 N–H and O–H groups in total. The number of benzene rings is 7. The fourth-order valence-electron chi connectivity index (χ4n) is 8.18. The number of esters is 1. The van der Waals surface area contributed by atoms with Gasteiger partial charge in [-0.3, -0.25) is 4.79 Å². The summed E-state index contributed by atoms with van der Waals surface area (Å²) in [6.07, 6.45) is 8.79. The van der Waals surface area contributed by atoms with Gasteiger partial charge in [0.05, 0.1) is 12.5 Å². The zero-order chi connectivity index (χ0) is 45.4. The Morgan fingerprint density at radius 1 is 0.484 bits per heavy atom. The molecule has 0 spiro atoms. The van der Waals surface area contributed by atoms with Crippen molar-refractivity contribution in [1.29, 1.82) is 0 Å². The van der Waals surface area contributed by atoms with E-state index in [1.807, 2.05) is 13.8 Å². The lowest BCUT2D eigenvalue weighted by molar-refractivity contribution is -0.355. The van der Waals surface area contributed by atoms with Crippen LogP contribution in [0.1, 0.15) is 27.7 Å². The molecule has 0 saturated heterocycles. The number of allylic oxidation sites excluding steroid dienone is 5. The zero-order valence-electron chi connectivity index (χ0n) is 37.6. The molecule has 0 radical (unpaired) electrons. The number of rotatable bonds is 10. The molecule has 1 aliphatic carbocycles. The Hall–Kier alpha value is -6.44. The highest BCUT2D eigenvalue weighted by Gasteiger charge is 2.47. The van der Waals surface area contributed by atoms with Crippen molar-refractivity contribution in [2.24, 2.45) is 11.3 Å². The Morgan fingerprint density at radius 2 is 0.766 bits per heavy atom. The molecule has 0 fully saturated rings. The summed E-state index contributed by atoms with van der Waals surface area (Å²) in [6.45, 7) is 5.20. The van der Waals surface area contributed by atoms with Crippen LogP contribution in [0.25, 0.3) is 0 Å². The van der Waals surface area contributed by atoms with Crippen LogP contribution in [0.5, 0.6) is 0 Å². The van der Waals surface area contributed by atoms with Gasteiger partial charge >= 0.3 is 5.97 Å². The fraction of sp³-hybridized carbons (Fsp3) is 0.138. The summed E-state index contributed by atoms with van der Waals surface area (Å²) in [4.78, 5) is 12.4. The van der Waals surface area contributed by atoms with Gasteiger partial charge in [0, 0.05) is 11.9 Å². The summed E-state index contributed by atoms with van der Waals surface area (Å²) in [5, 5.41) is 21.0.